The second-order valence-corrected chi connectivity index (χ2v) is 5.11. The van der Waals surface area contributed by atoms with Gasteiger partial charge in [-0.1, -0.05) is 6.92 Å². The summed E-state index contributed by atoms with van der Waals surface area (Å²) in [5, 5.41) is 9.49. The van der Waals surface area contributed by atoms with Crippen molar-refractivity contribution in [3.8, 4) is 0 Å². The van der Waals surface area contributed by atoms with Gasteiger partial charge in [-0.2, -0.15) is 0 Å². The third-order valence-corrected chi connectivity index (χ3v) is 3.82. The van der Waals surface area contributed by atoms with Crippen LogP contribution in [0.1, 0.15) is 38.3 Å². The predicted molar refractivity (Wildman–Crippen MR) is 68.2 cm³/mol. The molecular formula is C13H21N3O2. The van der Waals surface area contributed by atoms with E-state index >= 15 is 0 Å². The van der Waals surface area contributed by atoms with Gasteiger partial charge in [-0.05, 0) is 38.1 Å². The van der Waals surface area contributed by atoms with Crippen molar-refractivity contribution in [1.29, 1.82) is 0 Å². The number of aryl methyl sites for hydroxylation is 1. The average Bonchev–Trinajstić information content (AvgIpc) is 2.90. The Kier molecular flexibility index (Phi) is 3.71. The van der Waals surface area contributed by atoms with E-state index < -0.39 is 11.4 Å². The van der Waals surface area contributed by atoms with Crippen LogP contribution >= 0.6 is 0 Å². The van der Waals surface area contributed by atoms with Crippen molar-refractivity contribution < 1.29 is 9.90 Å². The van der Waals surface area contributed by atoms with Gasteiger partial charge in [0.1, 0.15) is 5.41 Å². The summed E-state index contributed by atoms with van der Waals surface area (Å²) < 4.78 is 1.97. The lowest BCUT2D eigenvalue weighted by Crippen LogP contribution is -2.23. The van der Waals surface area contributed by atoms with Gasteiger partial charge >= 0.3 is 5.97 Å². The fourth-order valence-corrected chi connectivity index (χ4v) is 2.70. The minimum Gasteiger partial charge on any atom is -0.481 e. The molecule has 100 valence electrons. The Morgan fingerprint density at radius 2 is 2.50 bits per heavy atom. The Labute approximate surface area is 107 Å². The van der Waals surface area contributed by atoms with E-state index in [0.717, 1.165) is 25.8 Å². The molecule has 0 aliphatic heterocycles. The lowest BCUT2D eigenvalue weighted by Gasteiger charge is -2.09. The number of imidazole rings is 1. The van der Waals surface area contributed by atoms with E-state index in [9.17, 15) is 9.90 Å². The van der Waals surface area contributed by atoms with Crippen molar-refractivity contribution in [2.24, 2.45) is 11.7 Å². The number of rotatable bonds is 7. The van der Waals surface area contributed by atoms with Crippen LogP contribution in [0.25, 0.3) is 0 Å². The molecular weight excluding hydrogens is 230 g/mol. The lowest BCUT2D eigenvalue weighted by atomic mass is 9.98. The zero-order chi connectivity index (χ0) is 13.2. The minimum absolute atomic E-state index is 0.198. The SMILES string of the molecule is CCCn1cnc(C2(C(=O)O)CC2CCCN)c1. The van der Waals surface area contributed by atoms with E-state index in [-0.39, 0.29) is 5.92 Å². The molecule has 0 bridgehead atoms. The lowest BCUT2D eigenvalue weighted by molar-refractivity contribution is -0.140. The first-order chi connectivity index (χ1) is 8.65. The van der Waals surface area contributed by atoms with Crippen molar-refractivity contribution in [2.45, 2.75) is 44.6 Å². The molecule has 5 nitrogen and oxygen atoms in total. The Morgan fingerprint density at radius 3 is 3.11 bits per heavy atom. The molecule has 0 radical (unpaired) electrons. The van der Waals surface area contributed by atoms with Crippen LogP contribution in [-0.4, -0.2) is 27.2 Å². The molecule has 0 saturated heterocycles. The third kappa shape index (κ3) is 2.14. The smallest absolute Gasteiger partial charge is 0.316 e. The summed E-state index contributed by atoms with van der Waals surface area (Å²) in [6.07, 6.45) is 7.11. The highest BCUT2D eigenvalue weighted by molar-refractivity contribution is 5.85. The van der Waals surface area contributed by atoms with E-state index in [2.05, 4.69) is 11.9 Å². The van der Waals surface area contributed by atoms with Crippen molar-refractivity contribution in [1.82, 2.24) is 9.55 Å². The van der Waals surface area contributed by atoms with Gasteiger partial charge in [0.05, 0.1) is 12.0 Å². The van der Waals surface area contributed by atoms with E-state index in [0.29, 0.717) is 18.7 Å². The molecule has 0 aromatic carbocycles. The van der Waals surface area contributed by atoms with Crippen LogP contribution in [-0.2, 0) is 16.8 Å². The highest BCUT2D eigenvalue weighted by Crippen LogP contribution is 2.56. The molecule has 2 atom stereocenters. The fraction of sp³-hybridized carbons (Fsp3) is 0.692. The molecule has 2 unspecified atom stereocenters. The fourth-order valence-electron chi connectivity index (χ4n) is 2.70. The standard InChI is InChI=1S/C13H21N3O2/c1-2-6-16-8-11(15-9-16)13(12(17)18)7-10(13)4-3-5-14/h8-10H,2-7,14H2,1H3,(H,17,18). The van der Waals surface area contributed by atoms with E-state index in [4.69, 9.17) is 5.73 Å². The molecule has 2 rings (SSSR count). The quantitative estimate of drug-likeness (QED) is 0.767. The molecule has 5 heteroatoms. The van der Waals surface area contributed by atoms with Gasteiger partial charge in [-0.15, -0.1) is 0 Å². The Morgan fingerprint density at radius 1 is 1.72 bits per heavy atom. The van der Waals surface area contributed by atoms with Crippen LogP contribution in [0.4, 0.5) is 0 Å². The van der Waals surface area contributed by atoms with Gasteiger partial charge in [0.25, 0.3) is 0 Å². The molecule has 18 heavy (non-hydrogen) atoms. The van der Waals surface area contributed by atoms with Crippen LogP contribution < -0.4 is 5.73 Å². The van der Waals surface area contributed by atoms with Crippen LogP contribution in [0, 0.1) is 5.92 Å². The molecule has 1 heterocycles. The molecule has 1 aliphatic rings. The molecule has 3 N–H and O–H groups in total. The van der Waals surface area contributed by atoms with E-state index in [1.54, 1.807) is 6.33 Å². The van der Waals surface area contributed by atoms with Crippen LogP contribution in [0.15, 0.2) is 12.5 Å². The molecule has 0 amide bonds. The summed E-state index contributed by atoms with van der Waals surface area (Å²) in [6.45, 7) is 3.60. The monoisotopic (exact) mass is 251 g/mol. The number of carboxylic acids is 1. The van der Waals surface area contributed by atoms with Crippen molar-refractivity contribution >= 4 is 5.97 Å². The molecule has 0 spiro atoms. The summed E-state index contributed by atoms with van der Waals surface area (Å²) >= 11 is 0. The molecule has 1 aromatic rings. The summed E-state index contributed by atoms with van der Waals surface area (Å²) in [6, 6.07) is 0. The number of hydrogen-bond acceptors (Lipinski definition) is 3. The summed E-state index contributed by atoms with van der Waals surface area (Å²) in [5.74, 6) is -0.546. The van der Waals surface area contributed by atoms with Crippen LogP contribution in [0.5, 0.6) is 0 Å². The van der Waals surface area contributed by atoms with Gasteiger partial charge in [0.2, 0.25) is 0 Å². The first-order valence-corrected chi connectivity index (χ1v) is 6.60. The topological polar surface area (TPSA) is 81.1 Å². The number of aromatic nitrogens is 2. The van der Waals surface area contributed by atoms with E-state index in [1.807, 2.05) is 10.8 Å². The predicted octanol–water partition coefficient (Wildman–Crippen LogP) is 1.37. The van der Waals surface area contributed by atoms with Crippen molar-refractivity contribution in [2.75, 3.05) is 6.54 Å². The van der Waals surface area contributed by atoms with E-state index in [1.165, 1.54) is 0 Å². The van der Waals surface area contributed by atoms with Crippen LogP contribution in [0.3, 0.4) is 0 Å². The Bertz CT molecular complexity index is 430. The maximum atomic E-state index is 11.5. The number of carboxylic acid groups (broad SMARTS) is 1. The summed E-state index contributed by atoms with van der Waals surface area (Å²) in [4.78, 5) is 15.8. The normalized spacial score (nSPS) is 26.2. The summed E-state index contributed by atoms with van der Waals surface area (Å²) in [7, 11) is 0. The molecule has 1 aromatic heterocycles. The van der Waals surface area contributed by atoms with Crippen LogP contribution in [0.2, 0.25) is 0 Å². The highest BCUT2D eigenvalue weighted by atomic mass is 16.4. The Balaban J connectivity index is 2.14. The maximum absolute atomic E-state index is 11.5. The van der Waals surface area contributed by atoms with Crippen molar-refractivity contribution in [3.05, 3.63) is 18.2 Å². The number of carbonyl (C=O) groups is 1. The van der Waals surface area contributed by atoms with Gasteiger partial charge in [-0.3, -0.25) is 4.79 Å². The third-order valence-electron chi connectivity index (χ3n) is 3.82. The number of hydrogen-bond donors (Lipinski definition) is 2. The second kappa shape index (κ2) is 5.10. The highest BCUT2D eigenvalue weighted by Gasteiger charge is 2.62. The van der Waals surface area contributed by atoms with Gasteiger partial charge in [-0.25, -0.2) is 4.98 Å². The number of nitrogens with zero attached hydrogens (tertiary/aromatic N) is 2. The first kappa shape index (κ1) is 13.1. The summed E-state index contributed by atoms with van der Waals surface area (Å²) in [5.41, 5.74) is 5.46. The molecule has 1 saturated carbocycles. The number of nitrogens with two attached hydrogens (primary N) is 1. The second-order valence-electron chi connectivity index (χ2n) is 5.11. The number of aliphatic carboxylic acids is 1. The van der Waals surface area contributed by atoms with Crippen molar-refractivity contribution in [3.63, 3.8) is 0 Å². The zero-order valence-electron chi connectivity index (χ0n) is 10.8. The zero-order valence-corrected chi connectivity index (χ0v) is 10.8. The largest absolute Gasteiger partial charge is 0.481 e. The van der Waals surface area contributed by atoms with Gasteiger partial charge in [0.15, 0.2) is 0 Å². The average molecular weight is 251 g/mol. The van der Waals surface area contributed by atoms with Gasteiger partial charge in [0, 0.05) is 12.7 Å². The molecule has 1 fully saturated rings. The molecule has 1 aliphatic carbocycles. The maximum Gasteiger partial charge on any atom is 0.316 e. The Hall–Kier alpha value is -1.36. The van der Waals surface area contributed by atoms with Gasteiger partial charge < -0.3 is 15.4 Å². The minimum atomic E-state index is -0.744. The first-order valence-electron chi connectivity index (χ1n) is 6.60.